The molecular weight excluding hydrogens is 919 g/mol. The fourth-order valence-corrected chi connectivity index (χ4v) is 10.4. The summed E-state index contributed by atoms with van der Waals surface area (Å²) in [5, 5.41) is 0.480. The van der Waals surface area contributed by atoms with E-state index in [1.54, 1.807) is 41.0 Å². The molecule has 0 aromatic heterocycles. The number of rotatable bonds is 21. The Kier molecular flexibility index (Phi) is 15.3. The molecule has 2 amide bonds. The Labute approximate surface area is 373 Å². The summed E-state index contributed by atoms with van der Waals surface area (Å²) in [5.41, 5.74) is 1.77. The van der Waals surface area contributed by atoms with Crippen LogP contribution in [0.25, 0.3) is 0 Å². The first kappa shape index (κ1) is 50.4. The Morgan fingerprint density at radius 1 is 0.734 bits per heavy atom. The zero-order chi connectivity index (χ0) is 47.5. The minimum Gasteiger partial charge on any atom is -0.344 e. The van der Waals surface area contributed by atoms with Gasteiger partial charge in [0.1, 0.15) is 6.54 Å². The second-order valence-corrected chi connectivity index (χ2v) is 22.5. The van der Waals surface area contributed by atoms with Crippen LogP contribution in [0, 0.1) is 0 Å². The molecule has 1 fully saturated rings. The van der Waals surface area contributed by atoms with Crippen LogP contribution in [0.2, 0.25) is 0 Å². The zero-order valence-electron chi connectivity index (χ0n) is 35.4. The number of allylic oxidation sites excluding steroid dienone is 6. The van der Waals surface area contributed by atoms with Crippen LogP contribution in [0.3, 0.4) is 0 Å². The minimum absolute atomic E-state index is 0.0247. The maximum absolute atomic E-state index is 12.5. The van der Waals surface area contributed by atoms with Gasteiger partial charge in [-0.15, -0.1) is 5.06 Å². The molecular formula is C41H52N3O16S4+. The van der Waals surface area contributed by atoms with Gasteiger partial charge < -0.3 is 9.74 Å². The van der Waals surface area contributed by atoms with Gasteiger partial charge in [0, 0.05) is 66.7 Å². The van der Waals surface area contributed by atoms with E-state index in [2.05, 4.69) is 0 Å². The second-order valence-electron chi connectivity index (χ2n) is 16.5. The van der Waals surface area contributed by atoms with Crippen molar-refractivity contribution in [2.24, 2.45) is 0 Å². The van der Waals surface area contributed by atoms with Crippen LogP contribution < -0.4 is 4.90 Å². The fraction of sp³-hybridized carbons (Fsp3) is 0.463. The summed E-state index contributed by atoms with van der Waals surface area (Å²) < 4.78 is 135. The molecule has 0 saturated carbocycles. The molecule has 0 spiro atoms. The summed E-state index contributed by atoms with van der Waals surface area (Å²) >= 11 is 0. The lowest BCUT2D eigenvalue weighted by atomic mass is 9.77. The summed E-state index contributed by atoms with van der Waals surface area (Å²) in [6, 6.07) is 8.27. The fourth-order valence-electron chi connectivity index (χ4n) is 8.30. The van der Waals surface area contributed by atoms with Gasteiger partial charge in [-0.3, -0.25) is 27.8 Å². The number of carbonyl (C=O) groups is 3. The van der Waals surface area contributed by atoms with Gasteiger partial charge in [0.2, 0.25) is 5.69 Å². The van der Waals surface area contributed by atoms with E-state index in [1.165, 1.54) is 30.3 Å². The Bertz CT molecular complexity index is 2760. The average molecular weight is 971 g/mol. The molecule has 350 valence electrons. The smallest absolute Gasteiger partial charge is 0.333 e. The van der Waals surface area contributed by atoms with Crippen molar-refractivity contribution in [2.75, 3.05) is 29.5 Å². The molecule has 4 N–H and O–H groups in total. The van der Waals surface area contributed by atoms with Gasteiger partial charge in [0.25, 0.3) is 52.3 Å². The predicted molar refractivity (Wildman–Crippen MR) is 233 cm³/mol. The number of hydrogen-bond donors (Lipinski definition) is 4. The van der Waals surface area contributed by atoms with Gasteiger partial charge in [0.15, 0.2) is 5.71 Å². The number of hydrogen-bond acceptors (Lipinski definition) is 13. The summed E-state index contributed by atoms with van der Waals surface area (Å²) in [5.74, 6) is -2.95. The van der Waals surface area contributed by atoms with Crippen molar-refractivity contribution in [3.05, 3.63) is 83.6 Å². The number of amides is 2. The van der Waals surface area contributed by atoms with Crippen LogP contribution in [0.1, 0.15) is 96.1 Å². The number of unbranched alkanes of at least 4 members (excludes halogenated alkanes) is 3. The van der Waals surface area contributed by atoms with E-state index in [-0.39, 0.29) is 55.0 Å². The molecule has 0 radical (unpaired) electrons. The van der Waals surface area contributed by atoms with Gasteiger partial charge in [-0.1, -0.05) is 31.1 Å². The molecule has 1 unspecified atom stereocenters. The molecule has 2 aromatic carbocycles. The standard InChI is InChI=1S/C41H51N3O16S4/c1-40(2)31-27-29(63(54,55)56)16-18-33(31)42(24-12-26-62(51,52)53)35(40)13-6-4-7-14-36-41(3,22-9-5-8-15-39(47)60-44-37(45)20-21-38(44)46)32-28-30(64(57,58)59)17-19-34(32)43(36)23-10-11-25-61(48,49)50/h4,6-7,13-14,16-19,27-28H,5,8-12,15,20-26H2,1-3H3,(H3-,48,49,50,51,52,53,54,55,56,57,58,59)/p+1. The maximum Gasteiger partial charge on any atom is 0.333 e. The van der Waals surface area contributed by atoms with E-state index in [0.29, 0.717) is 71.1 Å². The molecule has 1 saturated heterocycles. The monoisotopic (exact) mass is 970 g/mol. The molecule has 3 aliphatic rings. The number of benzene rings is 2. The van der Waals surface area contributed by atoms with Crippen LogP contribution in [0.5, 0.6) is 0 Å². The normalized spacial score (nSPS) is 19.8. The van der Waals surface area contributed by atoms with E-state index < -0.39 is 80.6 Å². The van der Waals surface area contributed by atoms with E-state index in [1.807, 2.05) is 25.7 Å². The first-order valence-electron chi connectivity index (χ1n) is 20.3. The van der Waals surface area contributed by atoms with Crippen molar-refractivity contribution in [3.63, 3.8) is 0 Å². The molecule has 3 aliphatic heterocycles. The van der Waals surface area contributed by atoms with E-state index in [0.717, 1.165) is 0 Å². The van der Waals surface area contributed by atoms with E-state index in [4.69, 9.17) is 4.84 Å². The van der Waals surface area contributed by atoms with Gasteiger partial charge in [-0.05, 0) is 88.4 Å². The Balaban J connectivity index is 1.47. The summed E-state index contributed by atoms with van der Waals surface area (Å²) in [4.78, 5) is 42.4. The molecule has 23 heteroatoms. The number of anilines is 1. The first-order chi connectivity index (χ1) is 29.6. The molecule has 3 heterocycles. The minimum atomic E-state index is -4.64. The van der Waals surface area contributed by atoms with Crippen molar-refractivity contribution < 1.29 is 75.7 Å². The quantitative estimate of drug-likeness (QED) is 0.0428. The molecule has 0 bridgehead atoms. The highest BCUT2D eigenvalue weighted by Crippen LogP contribution is 2.51. The highest BCUT2D eigenvalue weighted by molar-refractivity contribution is 7.86. The van der Waals surface area contributed by atoms with Crippen molar-refractivity contribution >= 4 is 75.3 Å². The van der Waals surface area contributed by atoms with Crippen molar-refractivity contribution in [2.45, 2.75) is 106 Å². The summed E-state index contributed by atoms with van der Waals surface area (Å²) in [7, 11) is -17.7. The molecule has 0 aliphatic carbocycles. The SMILES string of the molecule is CC1(C)C(C=CC=CC=C2N(CCCCS(=O)(=O)O)c3ccc(S(=O)(=O)O)cc3C2(C)CCCCCC(=O)ON2C(=O)CCC2=O)=[N+](CCCS(=O)(=O)O)c2ccc(S(=O)(=O)O)cc21. The second kappa shape index (κ2) is 19.5. The third-order valence-electron chi connectivity index (χ3n) is 11.5. The first-order valence-corrected chi connectivity index (χ1v) is 26.4. The third kappa shape index (κ3) is 12.2. The van der Waals surface area contributed by atoms with Crippen LogP contribution >= 0.6 is 0 Å². The number of nitrogens with zero attached hydrogens (tertiary/aromatic N) is 3. The van der Waals surface area contributed by atoms with E-state index in [9.17, 15) is 66.3 Å². The zero-order valence-corrected chi connectivity index (χ0v) is 38.7. The largest absolute Gasteiger partial charge is 0.344 e. The Morgan fingerprint density at radius 2 is 1.33 bits per heavy atom. The summed E-state index contributed by atoms with van der Waals surface area (Å²) in [6.07, 6.45) is 10.6. The van der Waals surface area contributed by atoms with Crippen molar-refractivity contribution in [1.82, 2.24) is 5.06 Å². The van der Waals surface area contributed by atoms with Crippen LogP contribution in [-0.2, 0) is 70.5 Å². The topological polar surface area (TPSA) is 287 Å². The van der Waals surface area contributed by atoms with Gasteiger partial charge in [0.05, 0.1) is 26.7 Å². The van der Waals surface area contributed by atoms with Gasteiger partial charge in [-0.2, -0.15) is 38.2 Å². The molecule has 2 aromatic rings. The highest BCUT2D eigenvalue weighted by Gasteiger charge is 2.46. The lowest BCUT2D eigenvalue weighted by Crippen LogP contribution is -2.32. The predicted octanol–water partition coefficient (Wildman–Crippen LogP) is 4.83. The van der Waals surface area contributed by atoms with Crippen LogP contribution in [0.4, 0.5) is 11.4 Å². The maximum atomic E-state index is 12.5. The van der Waals surface area contributed by atoms with Crippen molar-refractivity contribution in [3.8, 4) is 0 Å². The molecule has 5 rings (SSSR count). The Hall–Kier alpha value is -4.62. The van der Waals surface area contributed by atoms with Gasteiger partial charge >= 0.3 is 5.97 Å². The van der Waals surface area contributed by atoms with Crippen molar-refractivity contribution in [1.29, 1.82) is 0 Å². The summed E-state index contributed by atoms with van der Waals surface area (Å²) in [6.45, 7) is 5.91. The van der Waals surface area contributed by atoms with Crippen LogP contribution in [-0.4, -0.2) is 110 Å². The van der Waals surface area contributed by atoms with E-state index >= 15 is 0 Å². The lowest BCUT2D eigenvalue weighted by molar-refractivity contribution is -0.437. The van der Waals surface area contributed by atoms with Crippen LogP contribution in [0.15, 0.2) is 82.3 Å². The number of carbonyl (C=O) groups excluding carboxylic acids is 3. The molecule has 1 atom stereocenters. The number of fused-ring (bicyclic) bond motifs is 2. The third-order valence-corrected chi connectivity index (χ3v) is 14.8. The van der Waals surface area contributed by atoms with Gasteiger partial charge in [-0.25, -0.2) is 4.79 Å². The highest BCUT2D eigenvalue weighted by atomic mass is 32.2. The average Bonchev–Trinajstić information content (AvgIpc) is 3.70. The Morgan fingerprint density at radius 3 is 1.94 bits per heavy atom. The lowest BCUT2D eigenvalue weighted by Gasteiger charge is -2.30. The number of hydroxylamine groups is 2. The molecule has 64 heavy (non-hydrogen) atoms. The number of imide groups is 1. The molecule has 19 nitrogen and oxygen atoms in total.